The monoisotopic (exact) mass is 348 g/mol. The summed E-state index contributed by atoms with van der Waals surface area (Å²) < 4.78 is 0. The molecule has 2 rings (SSSR count). The molecular formula is C22H36OS. The number of unbranched alkanes of at least 4 members (excludes halogenated alkanes) is 2. The molecule has 1 N–H and O–H groups in total. The van der Waals surface area contributed by atoms with Gasteiger partial charge in [0.05, 0.1) is 0 Å². The molecule has 24 heavy (non-hydrogen) atoms. The molecule has 4 unspecified atom stereocenters. The zero-order valence-corrected chi connectivity index (χ0v) is 16.9. The van der Waals surface area contributed by atoms with Gasteiger partial charge in [-0.1, -0.05) is 65.5 Å². The zero-order chi connectivity index (χ0) is 17.5. The fourth-order valence-electron chi connectivity index (χ4n) is 4.19. The van der Waals surface area contributed by atoms with Gasteiger partial charge in [0.1, 0.15) is 5.75 Å². The van der Waals surface area contributed by atoms with Crippen molar-refractivity contribution in [2.75, 3.05) is 0 Å². The van der Waals surface area contributed by atoms with E-state index < -0.39 is 0 Å². The second-order valence-electron chi connectivity index (χ2n) is 7.72. The van der Waals surface area contributed by atoms with Crippen molar-refractivity contribution in [1.82, 2.24) is 0 Å². The quantitative estimate of drug-likeness (QED) is 0.584. The normalized spacial score (nSPS) is 27.8. The van der Waals surface area contributed by atoms with Crippen LogP contribution in [0.5, 0.6) is 5.75 Å². The molecule has 0 saturated heterocycles. The Kier molecular flexibility index (Phi) is 8.00. The Labute approximate surface area is 153 Å². The van der Waals surface area contributed by atoms with E-state index in [9.17, 15) is 5.11 Å². The van der Waals surface area contributed by atoms with Crippen LogP contribution < -0.4 is 0 Å². The molecule has 1 aliphatic heterocycles. The topological polar surface area (TPSA) is 20.2 Å². The predicted molar refractivity (Wildman–Crippen MR) is 108 cm³/mol. The smallest absolute Gasteiger partial charge is 0.119 e. The van der Waals surface area contributed by atoms with Crippen LogP contribution in [-0.2, 0) is 0 Å². The van der Waals surface area contributed by atoms with Crippen molar-refractivity contribution in [2.45, 2.75) is 101 Å². The van der Waals surface area contributed by atoms with Gasteiger partial charge in [0.15, 0.2) is 0 Å². The highest BCUT2D eigenvalue weighted by Crippen LogP contribution is 2.44. The lowest BCUT2D eigenvalue weighted by Gasteiger charge is -2.25. The van der Waals surface area contributed by atoms with Crippen LogP contribution in [0.3, 0.4) is 0 Å². The lowest BCUT2D eigenvalue weighted by Crippen LogP contribution is -2.14. The molecule has 0 fully saturated rings. The Bertz CT molecular complexity index is 499. The first kappa shape index (κ1) is 19.7. The Morgan fingerprint density at radius 3 is 2.12 bits per heavy atom. The molecule has 0 aromatic heterocycles. The lowest BCUT2D eigenvalue weighted by molar-refractivity contribution is 0.455. The van der Waals surface area contributed by atoms with Crippen LogP contribution in [0.15, 0.2) is 18.2 Å². The van der Waals surface area contributed by atoms with E-state index in [1.807, 2.05) is 12.1 Å². The van der Waals surface area contributed by atoms with E-state index >= 15 is 0 Å². The number of rotatable bonds is 6. The van der Waals surface area contributed by atoms with Crippen molar-refractivity contribution in [1.29, 1.82) is 0 Å². The number of phenols is 1. The van der Waals surface area contributed by atoms with Gasteiger partial charge in [-0.2, -0.15) is 11.8 Å². The SMILES string of the molecule is CCCCC1CC(C)c2cccc(O)c2C(C)CC(CCCC)S1. The van der Waals surface area contributed by atoms with Crippen LogP contribution in [0.4, 0.5) is 0 Å². The second kappa shape index (κ2) is 9.75. The summed E-state index contributed by atoms with van der Waals surface area (Å²) in [5.41, 5.74) is 2.61. The molecule has 0 aliphatic carbocycles. The molecule has 1 aromatic rings. The maximum atomic E-state index is 10.5. The molecule has 136 valence electrons. The van der Waals surface area contributed by atoms with Gasteiger partial charge >= 0.3 is 0 Å². The van der Waals surface area contributed by atoms with Crippen LogP contribution in [-0.4, -0.2) is 15.6 Å². The van der Waals surface area contributed by atoms with Gasteiger partial charge < -0.3 is 5.11 Å². The molecule has 0 saturated carbocycles. The Hall–Kier alpha value is -0.630. The van der Waals surface area contributed by atoms with Gasteiger partial charge in [-0.3, -0.25) is 0 Å². The minimum absolute atomic E-state index is 0.447. The first-order chi connectivity index (χ1) is 11.6. The first-order valence-corrected chi connectivity index (χ1v) is 11.0. The summed E-state index contributed by atoms with van der Waals surface area (Å²) in [6.45, 7) is 9.27. The van der Waals surface area contributed by atoms with E-state index in [0.717, 1.165) is 10.5 Å². The molecule has 1 nitrogen and oxygen atoms in total. The summed E-state index contributed by atoms with van der Waals surface area (Å²) in [6, 6.07) is 6.16. The number of aromatic hydroxyl groups is 1. The minimum atomic E-state index is 0.447. The largest absolute Gasteiger partial charge is 0.508 e. The van der Waals surface area contributed by atoms with Gasteiger partial charge in [-0.15, -0.1) is 0 Å². The minimum Gasteiger partial charge on any atom is -0.508 e. The summed E-state index contributed by atoms with van der Waals surface area (Å²) in [6.07, 6.45) is 10.4. The third kappa shape index (κ3) is 5.18. The highest BCUT2D eigenvalue weighted by atomic mass is 32.2. The van der Waals surface area contributed by atoms with E-state index in [0.29, 0.717) is 17.6 Å². The van der Waals surface area contributed by atoms with Crippen LogP contribution in [0.25, 0.3) is 0 Å². The maximum absolute atomic E-state index is 10.5. The summed E-state index contributed by atoms with van der Waals surface area (Å²) >= 11 is 2.26. The molecule has 1 aromatic carbocycles. The van der Waals surface area contributed by atoms with E-state index in [-0.39, 0.29) is 0 Å². The van der Waals surface area contributed by atoms with E-state index in [2.05, 4.69) is 45.5 Å². The Morgan fingerprint density at radius 1 is 0.958 bits per heavy atom. The Balaban J connectivity index is 2.29. The molecule has 4 atom stereocenters. The van der Waals surface area contributed by atoms with Crippen molar-refractivity contribution in [3.8, 4) is 5.75 Å². The summed E-state index contributed by atoms with van der Waals surface area (Å²) in [5, 5.41) is 12.0. The van der Waals surface area contributed by atoms with Crippen molar-refractivity contribution in [3.63, 3.8) is 0 Å². The van der Waals surface area contributed by atoms with Crippen molar-refractivity contribution in [3.05, 3.63) is 29.3 Å². The molecule has 1 heterocycles. The van der Waals surface area contributed by atoms with Gasteiger partial charge in [0.2, 0.25) is 0 Å². The van der Waals surface area contributed by atoms with Crippen LogP contribution in [0.1, 0.15) is 102 Å². The third-order valence-electron chi connectivity index (χ3n) is 5.52. The summed E-state index contributed by atoms with van der Waals surface area (Å²) in [7, 11) is 0. The summed E-state index contributed by atoms with van der Waals surface area (Å²) in [4.78, 5) is 0. The van der Waals surface area contributed by atoms with Gasteiger partial charge in [0.25, 0.3) is 0 Å². The molecule has 0 amide bonds. The number of hydrogen-bond donors (Lipinski definition) is 1. The Morgan fingerprint density at radius 2 is 1.54 bits per heavy atom. The summed E-state index contributed by atoms with van der Waals surface area (Å²) in [5.74, 6) is 1.50. The number of benzene rings is 1. The standard InChI is InChI=1S/C22H36OS/c1-5-7-10-18-14-16(3)20-12-9-13-21(23)22(20)17(4)15-19(24-18)11-8-6-2/h9,12-13,16-19,23H,5-8,10-11,14-15H2,1-4H3. The maximum Gasteiger partial charge on any atom is 0.119 e. The number of phenolic OH excluding ortho intramolecular Hbond substituents is 1. The van der Waals surface area contributed by atoms with E-state index in [1.165, 1.54) is 62.5 Å². The highest BCUT2D eigenvalue weighted by Gasteiger charge is 2.28. The van der Waals surface area contributed by atoms with Crippen molar-refractivity contribution < 1.29 is 5.11 Å². The fourth-order valence-corrected chi connectivity index (χ4v) is 6.14. The molecule has 0 spiro atoms. The molecule has 0 bridgehead atoms. The first-order valence-electron chi connectivity index (χ1n) is 10.0. The van der Waals surface area contributed by atoms with Gasteiger partial charge in [-0.05, 0) is 49.1 Å². The second-order valence-corrected chi connectivity index (χ2v) is 9.32. The van der Waals surface area contributed by atoms with E-state index in [1.54, 1.807) is 0 Å². The van der Waals surface area contributed by atoms with Crippen LogP contribution in [0, 0.1) is 0 Å². The molecular weight excluding hydrogens is 312 g/mol. The van der Waals surface area contributed by atoms with Crippen LogP contribution >= 0.6 is 11.8 Å². The average Bonchev–Trinajstić information content (AvgIpc) is 2.60. The van der Waals surface area contributed by atoms with E-state index in [4.69, 9.17) is 0 Å². The number of hydrogen-bond acceptors (Lipinski definition) is 2. The number of thioether (sulfide) groups is 1. The van der Waals surface area contributed by atoms with Crippen LogP contribution in [0.2, 0.25) is 0 Å². The van der Waals surface area contributed by atoms with Crippen molar-refractivity contribution >= 4 is 11.8 Å². The average molecular weight is 349 g/mol. The molecule has 1 aliphatic rings. The van der Waals surface area contributed by atoms with Crippen molar-refractivity contribution in [2.24, 2.45) is 0 Å². The lowest BCUT2D eigenvalue weighted by atomic mass is 9.84. The predicted octanol–water partition coefficient (Wildman–Crippen LogP) is 7.24. The fraction of sp³-hybridized carbons (Fsp3) is 0.727. The third-order valence-corrected chi connectivity index (χ3v) is 7.14. The van der Waals surface area contributed by atoms with Gasteiger partial charge in [-0.25, -0.2) is 0 Å². The molecule has 0 radical (unpaired) electrons. The molecule has 2 heteroatoms. The van der Waals surface area contributed by atoms with Gasteiger partial charge in [0, 0.05) is 16.1 Å². The highest BCUT2D eigenvalue weighted by molar-refractivity contribution is 8.00. The zero-order valence-electron chi connectivity index (χ0n) is 16.1. The number of fused-ring (bicyclic) bond motifs is 1.